The van der Waals surface area contributed by atoms with Gasteiger partial charge in [0.25, 0.3) is 0 Å². The van der Waals surface area contributed by atoms with Crippen molar-refractivity contribution in [2.75, 3.05) is 0 Å². The second-order valence-electron chi connectivity index (χ2n) is 10.6. The number of nitriles is 1. The van der Waals surface area contributed by atoms with Crippen molar-refractivity contribution in [1.29, 1.82) is 5.26 Å². The van der Waals surface area contributed by atoms with Gasteiger partial charge in [0.05, 0.1) is 17.8 Å². The summed E-state index contributed by atoms with van der Waals surface area (Å²) < 4.78 is 15.3. The van der Waals surface area contributed by atoms with E-state index in [2.05, 4.69) is 53.6 Å². The predicted molar refractivity (Wildman–Crippen MR) is 177 cm³/mol. The van der Waals surface area contributed by atoms with E-state index in [1.807, 2.05) is 109 Å². The fourth-order valence-corrected chi connectivity index (χ4v) is 8.50. The Morgan fingerprint density at radius 1 is 0.581 bits per heavy atom. The summed E-state index contributed by atoms with van der Waals surface area (Å²) in [5.41, 5.74) is 5.84. The van der Waals surface area contributed by atoms with Crippen molar-refractivity contribution in [2.24, 2.45) is 4.99 Å². The van der Waals surface area contributed by atoms with Crippen LogP contribution in [-0.4, -0.2) is 11.8 Å². The van der Waals surface area contributed by atoms with E-state index in [1.165, 1.54) is 0 Å². The van der Waals surface area contributed by atoms with Gasteiger partial charge in [0.15, 0.2) is 6.04 Å². The summed E-state index contributed by atoms with van der Waals surface area (Å²) in [5.74, 6) is 0. The molecule has 0 aromatic heterocycles. The molecule has 2 atom stereocenters. The number of hydrogen-bond acceptors (Lipinski definition) is 3. The normalized spacial score (nSPS) is 13.5. The number of aliphatic imine (C=N–C) groups is 1. The van der Waals surface area contributed by atoms with Gasteiger partial charge in [-0.1, -0.05) is 127 Å². The summed E-state index contributed by atoms with van der Waals surface area (Å²) in [7, 11) is -3.44. The molecule has 0 radical (unpaired) electrons. The molecule has 0 unspecified atom stereocenters. The van der Waals surface area contributed by atoms with Gasteiger partial charge in [-0.05, 0) is 51.7 Å². The average molecular weight is 574 g/mol. The minimum atomic E-state index is -3.44. The first-order valence-electron chi connectivity index (χ1n) is 14.3. The van der Waals surface area contributed by atoms with Crippen molar-refractivity contribution < 1.29 is 4.57 Å². The first-order valence-corrected chi connectivity index (χ1v) is 16.0. The topological polar surface area (TPSA) is 65.2 Å². The summed E-state index contributed by atoms with van der Waals surface area (Å²) >= 11 is 0. The summed E-state index contributed by atoms with van der Waals surface area (Å²) in [6, 6.07) is 50.4. The highest BCUT2D eigenvalue weighted by Crippen LogP contribution is 2.44. The van der Waals surface area contributed by atoms with Crippen LogP contribution >= 0.6 is 7.29 Å². The molecule has 0 bridgehead atoms. The van der Waals surface area contributed by atoms with E-state index in [0.29, 0.717) is 10.6 Å². The second kappa shape index (κ2) is 11.3. The Labute approximate surface area is 251 Å². The minimum Gasteiger partial charge on any atom is -0.297 e. The van der Waals surface area contributed by atoms with Crippen molar-refractivity contribution in [2.45, 2.75) is 12.1 Å². The molecule has 206 valence electrons. The number of nitrogens with one attached hydrogen (secondary N) is 1. The second-order valence-corrected chi connectivity index (χ2v) is 13.1. The summed E-state index contributed by atoms with van der Waals surface area (Å²) in [4.78, 5) is 5.20. The molecule has 0 fully saturated rings. The quantitative estimate of drug-likeness (QED) is 0.198. The van der Waals surface area contributed by atoms with Gasteiger partial charge in [0.2, 0.25) is 7.29 Å². The lowest BCUT2D eigenvalue weighted by molar-refractivity contribution is 0.546. The van der Waals surface area contributed by atoms with Crippen LogP contribution in [0.3, 0.4) is 0 Å². The lowest BCUT2D eigenvalue weighted by Crippen LogP contribution is -2.36. The number of benzene rings is 6. The fraction of sp³-hybridized carbons (Fsp3) is 0.0526. The Morgan fingerprint density at radius 3 is 1.65 bits per heavy atom. The molecule has 5 heteroatoms. The predicted octanol–water partition coefficient (Wildman–Crippen LogP) is 7.81. The number of rotatable bonds is 7. The summed E-state index contributed by atoms with van der Waals surface area (Å²) in [6.45, 7) is 0. The average Bonchev–Trinajstić information content (AvgIpc) is 3.40. The Morgan fingerprint density at radius 2 is 1.07 bits per heavy atom. The highest BCUT2D eigenvalue weighted by molar-refractivity contribution is 7.76. The molecule has 6 aromatic rings. The molecule has 0 heterocycles. The standard InChI is InChI=1S/C38H28N3OP/c39-26-36(40-37-34-23-11-9-21-31(34)32-22-10-12-24-35(32)37)38(33-25-13-15-27-14-7-8-20-30(27)33)41-43(42,28-16-3-1-4-17-28)29-18-5-2-6-19-29/h1-25,36,38H,(H,41,42)/t36-,38-/m1/s1. The van der Waals surface area contributed by atoms with Crippen molar-refractivity contribution in [1.82, 2.24) is 5.09 Å². The molecule has 0 spiro atoms. The van der Waals surface area contributed by atoms with Crippen LogP contribution in [0.1, 0.15) is 22.7 Å². The Balaban J connectivity index is 1.45. The van der Waals surface area contributed by atoms with Gasteiger partial charge in [0.1, 0.15) is 0 Å². The maximum absolute atomic E-state index is 15.3. The number of hydrogen-bond donors (Lipinski definition) is 1. The maximum Gasteiger partial charge on any atom is 0.205 e. The molecule has 0 saturated heterocycles. The van der Waals surface area contributed by atoms with Gasteiger partial charge in [-0.25, -0.2) is 5.09 Å². The van der Waals surface area contributed by atoms with E-state index >= 15 is 4.57 Å². The van der Waals surface area contributed by atoms with E-state index < -0.39 is 19.4 Å². The van der Waals surface area contributed by atoms with Crippen LogP contribution in [0.25, 0.3) is 21.9 Å². The van der Waals surface area contributed by atoms with Gasteiger partial charge in [0, 0.05) is 21.7 Å². The molecular formula is C38H28N3OP. The van der Waals surface area contributed by atoms with Crippen LogP contribution in [0.15, 0.2) is 157 Å². The van der Waals surface area contributed by atoms with Gasteiger partial charge in [-0.3, -0.25) is 9.56 Å². The minimum absolute atomic E-state index is 0.673. The Hall–Kier alpha value is -5.07. The van der Waals surface area contributed by atoms with Gasteiger partial charge in [-0.2, -0.15) is 5.26 Å². The summed E-state index contributed by atoms with van der Waals surface area (Å²) in [6.07, 6.45) is 0. The van der Waals surface area contributed by atoms with Crippen LogP contribution in [0, 0.1) is 11.3 Å². The van der Waals surface area contributed by atoms with Crippen molar-refractivity contribution in [3.05, 3.63) is 168 Å². The van der Waals surface area contributed by atoms with E-state index in [0.717, 1.165) is 44.3 Å². The number of fused-ring (bicyclic) bond motifs is 4. The molecule has 4 nitrogen and oxygen atoms in total. The lowest BCUT2D eigenvalue weighted by Gasteiger charge is -2.29. The summed E-state index contributed by atoms with van der Waals surface area (Å²) in [5, 5.41) is 17.8. The van der Waals surface area contributed by atoms with E-state index in [9.17, 15) is 5.26 Å². The maximum atomic E-state index is 15.3. The Bertz CT molecular complexity index is 1970. The molecule has 6 aromatic carbocycles. The zero-order chi connectivity index (χ0) is 29.2. The van der Waals surface area contributed by atoms with Crippen LogP contribution < -0.4 is 15.7 Å². The Kier molecular flexibility index (Phi) is 7.05. The highest BCUT2D eigenvalue weighted by Gasteiger charge is 2.36. The zero-order valence-electron chi connectivity index (χ0n) is 23.3. The van der Waals surface area contributed by atoms with Crippen LogP contribution in [0.2, 0.25) is 0 Å². The molecule has 43 heavy (non-hydrogen) atoms. The van der Waals surface area contributed by atoms with Crippen molar-refractivity contribution in [3.8, 4) is 17.2 Å². The van der Waals surface area contributed by atoms with E-state index in [4.69, 9.17) is 4.99 Å². The van der Waals surface area contributed by atoms with Gasteiger partial charge >= 0.3 is 0 Å². The molecular weight excluding hydrogens is 545 g/mol. The molecule has 0 amide bonds. The fourth-order valence-electron chi connectivity index (χ4n) is 6.05. The van der Waals surface area contributed by atoms with Crippen molar-refractivity contribution in [3.63, 3.8) is 0 Å². The molecule has 0 aliphatic heterocycles. The van der Waals surface area contributed by atoms with Gasteiger partial charge in [-0.15, -0.1) is 0 Å². The van der Waals surface area contributed by atoms with Crippen LogP contribution in [-0.2, 0) is 4.57 Å². The van der Waals surface area contributed by atoms with E-state index in [1.54, 1.807) is 0 Å². The monoisotopic (exact) mass is 573 g/mol. The van der Waals surface area contributed by atoms with Crippen LogP contribution in [0.5, 0.6) is 0 Å². The molecule has 1 aliphatic carbocycles. The first-order chi connectivity index (χ1) is 21.2. The van der Waals surface area contributed by atoms with Crippen LogP contribution in [0.4, 0.5) is 0 Å². The van der Waals surface area contributed by atoms with Crippen molar-refractivity contribution >= 4 is 34.4 Å². The SMILES string of the molecule is N#C[C@@H](N=C1c2ccccc2-c2ccccc21)[C@H](NP(=O)(c1ccccc1)c1ccccc1)c1cccc2ccccc12. The highest BCUT2D eigenvalue weighted by atomic mass is 31.2. The number of nitrogens with zero attached hydrogens (tertiary/aromatic N) is 2. The van der Waals surface area contributed by atoms with E-state index in [-0.39, 0.29) is 0 Å². The first kappa shape index (κ1) is 26.8. The molecule has 1 N–H and O–H groups in total. The molecule has 1 aliphatic rings. The third-order valence-electron chi connectivity index (χ3n) is 8.09. The molecule has 0 saturated carbocycles. The smallest absolute Gasteiger partial charge is 0.205 e. The largest absolute Gasteiger partial charge is 0.297 e. The van der Waals surface area contributed by atoms with Gasteiger partial charge < -0.3 is 0 Å². The zero-order valence-corrected chi connectivity index (χ0v) is 24.2. The third kappa shape index (κ3) is 4.80. The lowest BCUT2D eigenvalue weighted by atomic mass is 9.95. The molecule has 7 rings (SSSR count). The third-order valence-corrected chi connectivity index (χ3v) is 10.8.